The molecule has 0 unspecified atom stereocenters. The van der Waals surface area contributed by atoms with Crippen molar-refractivity contribution in [2.45, 2.75) is 20.4 Å². The van der Waals surface area contributed by atoms with Gasteiger partial charge in [-0.3, -0.25) is 4.79 Å². The lowest BCUT2D eigenvalue weighted by atomic mass is 9.98. The van der Waals surface area contributed by atoms with Crippen molar-refractivity contribution < 1.29 is 14.3 Å². The van der Waals surface area contributed by atoms with Crippen molar-refractivity contribution in [1.29, 1.82) is 0 Å². The van der Waals surface area contributed by atoms with Crippen molar-refractivity contribution in [3.05, 3.63) is 132 Å². The van der Waals surface area contributed by atoms with E-state index in [2.05, 4.69) is 41.8 Å². The number of carbonyl (C=O) groups is 2. The molecule has 1 heterocycles. The Morgan fingerprint density at radius 2 is 1.32 bits per heavy atom. The summed E-state index contributed by atoms with van der Waals surface area (Å²) in [6.07, 6.45) is 1.13. The first kappa shape index (κ1) is 26.5. The molecule has 0 aliphatic carbocycles. The minimum absolute atomic E-state index is 0.244. The average molecular weight is 530 g/mol. The molecule has 0 saturated carbocycles. The molecule has 0 atom stereocenters. The summed E-state index contributed by atoms with van der Waals surface area (Å²) in [6.45, 7) is 4.43. The molecule has 40 heavy (non-hydrogen) atoms. The highest BCUT2D eigenvalue weighted by molar-refractivity contribution is 6.08. The number of nitrogens with one attached hydrogen (secondary N) is 2. The zero-order chi connectivity index (χ0) is 28.1. The van der Waals surface area contributed by atoms with Crippen LogP contribution in [0.25, 0.3) is 22.3 Å². The van der Waals surface area contributed by atoms with Crippen LogP contribution in [0.15, 0.2) is 109 Å². The van der Waals surface area contributed by atoms with Crippen LogP contribution in [0.4, 0.5) is 10.5 Å². The molecule has 0 aliphatic rings. The van der Waals surface area contributed by atoms with Gasteiger partial charge in [0.15, 0.2) is 0 Å². The number of benzene rings is 4. The van der Waals surface area contributed by atoms with Gasteiger partial charge in [0, 0.05) is 31.4 Å². The molecule has 1 aromatic heterocycles. The summed E-state index contributed by atoms with van der Waals surface area (Å²) < 4.78 is 7.16. The van der Waals surface area contributed by atoms with Crippen LogP contribution in [-0.2, 0) is 13.6 Å². The van der Waals surface area contributed by atoms with E-state index in [0.29, 0.717) is 23.7 Å². The quantitative estimate of drug-likeness (QED) is 0.229. The van der Waals surface area contributed by atoms with Crippen LogP contribution in [0.5, 0.6) is 5.88 Å². The average Bonchev–Trinajstić information content (AvgIpc) is 3.30. The highest BCUT2D eigenvalue weighted by atomic mass is 16.6. The lowest BCUT2D eigenvalue weighted by molar-refractivity contribution is 0.102. The van der Waals surface area contributed by atoms with Crippen molar-refractivity contribution in [2.24, 2.45) is 7.05 Å². The van der Waals surface area contributed by atoms with Crippen LogP contribution in [0, 0.1) is 13.8 Å². The van der Waals surface area contributed by atoms with E-state index in [1.165, 1.54) is 5.56 Å². The molecule has 0 spiro atoms. The molecule has 6 heteroatoms. The van der Waals surface area contributed by atoms with Crippen LogP contribution >= 0.6 is 0 Å². The predicted octanol–water partition coefficient (Wildman–Crippen LogP) is 7.52. The zero-order valence-electron chi connectivity index (χ0n) is 22.8. The van der Waals surface area contributed by atoms with Crippen molar-refractivity contribution in [3.63, 3.8) is 0 Å². The summed E-state index contributed by atoms with van der Waals surface area (Å²) in [4.78, 5) is 25.7. The van der Waals surface area contributed by atoms with E-state index in [4.69, 9.17) is 4.74 Å². The van der Waals surface area contributed by atoms with Crippen molar-refractivity contribution in [2.75, 3.05) is 5.32 Å². The monoisotopic (exact) mass is 529 g/mol. The lowest BCUT2D eigenvalue weighted by Gasteiger charge is -2.10. The molecule has 200 valence electrons. The maximum Gasteiger partial charge on any atom is 0.414 e. The SMILES string of the molecule is Cc1ccc(-c2ccc(CNC(=O)Oc3cc(NC(=O)c4ccccc4-c4ccc(C)cc4)cn3C)cc2)cc1. The van der Waals surface area contributed by atoms with Gasteiger partial charge in [-0.25, -0.2) is 4.79 Å². The fraction of sp³-hybridized carbons (Fsp3) is 0.118. The van der Waals surface area contributed by atoms with Gasteiger partial charge in [-0.15, -0.1) is 0 Å². The first-order chi connectivity index (χ1) is 19.4. The second kappa shape index (κ2) is 11.7. The van der Waals surface area contributed by atoms with E-state index in [-0.39, 0.29) is 5.91 Å². The molecule has 0 bridgehead atoms. The first-order valence-electron chi connectivity index (χ1n) is 13.1. The summed E-state index contributed by atoms with van der Waals surface area (Å²) in [7, 11) is 1.75. The minimum Gasteiger partial charge on any atom is -0.393 e. The van der Waals surface area contributed by atoms with Gasteiger partial charge in [0.25, 0.3) is 5.91 Å². The van der Waals surface area contributed by atoms with Crippen LogP contribution in [0.3, 0.4) is 0 Å². The molecule has 2 N–H and O–H groups in total. The molecule has 5 aromatic rings. The number of hydrogen-bond donors (Lipinski definition) is 2. The Morgan fingerprint density at radius 1 is 0.750 bits per heavy atom. The number of anilines is 1. The topological polar surface area (TPSA) is 72.4 Å². The summed E-state index contributed by atoms with van der Waals surface area (Å²) in [5.41, 5.74) is 8.50. The normalized spacial score (nSPS) is 10.7. The third kappa shape index (κ3) is 6.30. The molecule has 0 aliphatic heterocycles. The molecule has 2 amide bonds. The van der Waals surface area contributed by atoms with E-state index >= 15 is 0 Å². The summed E-state index contributed by atoms with van der Waals surface area (Å²) in [5, 5.41) is 5.71. The van der Waals surface area contributed by atoms with Crippen LogP contribution in [0.2, 0.25) is 0 Å². The van der Waals surface area contributed by atoms with E-state index < -0.39 is 6.09 Å². The number of amides is 2. The van der Waals surface area contributed by atoms with Crippen LogP contribution < -0.4 is 15.4 Å². The highest BCUT2D eigenvalue weighted by Crippen LogP contribution is 2.26. The maximum atomic E-state index is 13.2. The van der Waals surface area contributed by atoms with Gasteiger partial charge in [0.1, 0.15) is 0 Å². The smallest absolute Gasteiger partial charge is 0.393 e. The van der Waals surface area contributed by atoms with Crippen molar-refractivity contribution in [1.82, 2.24) is 9.88 Å². The standard InChI is InChI=1S/C34H31N3O3/c1-23-8-14-26(15-9-23)27-18-12-25(13-19-27)21-35-34(39)40-32-20-29(22-37(32)3)36-33(38)31-7-5-4-6-30(31)28-16-10-24(2)11-17-28/h4-20,22H,21H2,1-3H3,(H,35,39)(H,36,38). The minimum atomic E-state index is -0.577. The fourth-order valence-electron chi connectivity index (χ4n) is 4.44. The third-order valence-corrected chi connectivity index (χ3v) is 6.72. The number of carbonyl (C=O) groups excluding carboxylic acids is 2. The Balaban J connectivity index is 1.19. The van der Waals surface area contributed by atoms with E-state index in [1.807, 2.05) is 73.7 Å². The third-order valence-electron chi connectivity index (χ3n) is 6.72. The summed E-state index contributed by atoms with van der Waals surface area (Å²) >= 11 is 0. The first-order valence-corrected chi connectivity index (χ1v) is 13.1. The van der Waals surface area contributed by atoms with Crippen molar-refractivity contribution in [3.8, 4) is 28.1 Å². The van der Waals surface area contributed by atoms with Crippen LogP contribution in [-0.4, -0.2) is 16.6 Å². The lowest BCUT2D eigenvalue weighted by Crippen LogP contribution is -2.26. The van der Waals surface area contributed by atoms with E-state index in [1.54, 1.807) is 29.9 Å². The number of aromatic nitrogens is 1. The van der Waals surface area contributed by atoms with Gasteiger partial charge in [0.05, 0.1) is 5.69 Å². The zero-order valence-corrected chi connectivity index (χ0v) is 22.8. The molecule has 0 saturated heterocycles. The number of rotatable bonds is 7. The van der Waals surface area contributed by atoms with Gasteiger partial charge in [-0.05, 0) is 47.7 Å². The van der Waals surface area contributed by atoms with Crippen LogP contribution in [0.1, 0.15) is 27.0 Å². The molecule has 6 nitrogen and oxygen atoms in total. The van der Waals surface area contributed by atoms with Gasteiger partial charge in [0.2, 0.25) is 5.88 Å². The molecule has 5 rings (SSSR count). The molecular weight excluding hydrogens is 498 g/mol. The Kier molecular flexibility index (Phi) is 7.78. The second-order valence-corrected chi connectivity index (χ2v) is 9.85. The Morgan fingerprint density at radius 3 is 1.98 bits per heavy atom. The number of nitrogens with zero attached hydrogens (tertiary/aromatic N) is 1. The number of hydrogen-bond acceptors (Lipinski definition) is 3. The summed E-state index contributed by atoms with van der Waals surface area (Å²) in [6, 6.07) is 33.6. The van der Waals surface area contributed by atoms with Gasteiger partial charge < -0.3 is 19.9 Å². The largest absolute Gasteiger partial charge is 0.414 e. The summed E-state index contributed by atoms with van der Waals surface area (Å²) in [5.74, 6) is 0.0706. The number of ether oxygens (including phenoxy) is 1. The Labute approximate surface area is 234 Å². The van der Waals surface area contributed by atoms with E-state index in [0.717, 1.165) is 33.4 Å². The fourth-order valence-corrected chi connectivity index (χ4v) is 4.44. The second-order valence-electron chi connectivity index (χ2n) is 9.85. The predicted molar refractivity (Wildman–Crippen MR) is 159 cm³/mol. The maximum absolute atomic E-state index is 13.2. The highest BCUT2D eigenvalue weighted by Gasteiger charge is 2.15. The van der Waals surface area contributed by atoms with Gasteiger partial charge in [-0.2, -0.15) is 0 Å². The molecule has 4 aromatic carbocycles. The van der Waals surface area contributed by atoms with Gasteiger partial charge >= 0.3 is 6.09 Å². The molecular formula is C34H31N3O3. The van der Waals surface area contributed by atoms with Crippen molar-refractivity contribution >= 4 is 17.7 Å². The molecule has 0 radical (unpaired) electrons. The molecule has 0 fully saturated rings. The van der Waals surface area contributed by atoms with Gasteiger partial charge in [-0.1, -0.05) is 102 Å². The Hall–Kier alpha value is -5.10. The number of aryl methyl sites for hydroxylation is 3. The Bertz CT molecular complexity index is 1630. The van der Waals surface area contributed by atoms with E-state index in [9.17, 15) is 9.59 Å².